The van der Waals surface area contributed by atoms with Gasteiger partial charge < -0.3 is 4.74 Å². The Kier molecular flexibility index (Phi) is 4.28. The van der Waals surface area contributed by atoms with Crippen molar-refractivity contribution in [2.75, 3.05) is 18.6 Å². The number of ether oxygens (including phenoxy) is 1. The zero-order valence-corrected chi connectivity index (χ0v) is 11.0. The van der Waals surface area contributed by atoms with Crippen molar-refractivity contribution in [2.45, 2.75) is 13.8 Å². The molecule has 5 heteroatoms. The SMILES string of the molecule is Cc1cc(C=O)cc(C)c1OCCS(C)(=O)=O. The van der Waals surface area contributed by atoms with Crippen LogP contribution in [0.25, 0.3) is 0 Å². The Hall–Kier alpha value is -1.36. The van der Waals surface area contributed by atoms with Gasteiger partial charge in [0.05, 0.1) is 5.75 Å². The molecule has 1 aromatic rings. The summed E-state index contributed by atoms with van der Waals surface area (Å²) < 4.78 is 27.4. The second-order valence-corrected chi connectivity index (χ2v) is 6.34. The molecule has 0 atom stereocenters. The average molecular weight is 256 g/mol. The van der Waals surface area contributed by atoms with Gasteiger partial charge in [0, 0.05) is 11.8 Å². The van der Waals surface area contributed by atoms with Gasteiger partial charge in [-0.25, -0.2) is 8.42 Å². The van der Waals surface area contributed by atoms with Gasteiger partial charge in [0.2, 0.25) is 0 Å². The van der Waals surface area contributed by atoms with Gasteiger partial charge in [0.25, 0.3) is 0 Å². The fourth-order valence-electron chi connectivity index (χ4n) is 1.57. The third-order valence-electron chi connectivity index (χ3n) is 2.32. The molecule has 0 saturated heterocycles. The van der Waals surface area contributed by atoms with E-state index in [1.54, 1.807) is 12.1 Å². The maximum atomic E-state index is 11.0. The maximum Gasteiger partial charge on any atom is 0.150 e. The average Bonchev–Trinajstić information content (AvgIpc) is 2.20. The molecule has 0 bridgehead atoms. The first-order valence-electron chi connectivity index (χ1n) is 5.20. The van der Waals surface area contributed by atoms with Crippen LogP contribution < -0.4 is 4.74 Å². The van der Waals surface area contributed by atoms with Crippen molar-refractivity contribution >= 4 is 16.1 Å². The fourth-order valence-corrected chi connectivity index (χ4v) is 1.96. The second-order valence-electron chi connectivity index (χ2n) is 4.08. The Labute approximate surface area is 102 Å². The minimum atomic E-state index is -3.01. The van der Waals surface area contributed by atoms with E-state index in [-0.39, 0.29) is 12.4 Å². The summed E-state index contributed by atoms with van der Waals surface area (Å²) in [5.41, 5.74) is 2.26. The van der Waals surface area contributed by atoms with Gasteiger partial charge in [-0.05, 0) is 37.1 Å². The van der Waals surface area contributed by atoms with E-state index >= 15 is 0 Å². The van der Waals surface area contributed by atoms with Crippen molar-refractivity contribution in [3.8, 4) is 5.75 Å². The monoisotopic (exact) mass is 256 g/mol. The summed E-state index contributed by atoms with van der Waals surface area (Å²) in [5, 5.41) is 0. The first-order valence-corrected chi connectivity index (χ1v) is 7.26. The molecule has 0 aliphatic carbocycles. The topological polar surface area (TPSA) is 60.4 Å². The number of sulfone groups is 1. The lowest BCUT2D eigenvalue weighted by atomic mass is 10.1. The van der Waals surface area contributed by atoms with Crippen LogP contribution in [0, 0.1) is 13.8 Å². The Morgan fingerprint density at radius 2 is 1.76 bits per heavy atom. The van der Waals surface area contributed by atoms with Gasteiger partial charge in [-0.3, -0.25) is 4.79 Å². The quantitative estimate of drug-likeness (QED) is 0.750. The van der Waals surface area contributed by atoms with E-state index in [4.69, 9.17) is 4.74 Å². The van der Waals surface area contributed by atoms with Crippen LogP contribution in [0.4, 0.5) is 0 Å². The molecule has 0 aliphatic rings. The van der Waals surface area contributed by atoms with Crippen LogP contribution in [0.15, 0.2) is 12.1 Å². The summed E-state index contributed by atoms with van der Waals surface area (Å²) >= 11 is 0. The van der Waals surface area contributed by atoms with Crippen molar-refractivity contribution < 1.29 is 17.9 Å². The molecule has 0 fully saturated rings. The van der Waals surface area contributed by atoms with Crippen molar-refractivity contribution in [1.82, 2.24) is 0 Å². The number of carbonyl (C=O) groups is 1. The molecule has 0 unspecified atom stereocenters. The van der Waals surface area contributed by atoms with Crippen molar-refractivity contribution in [3.63, 3.8) is 0 Å². The van der Waals surface area contributed by atoms with Crippen LogP contribution in [-0.4, -0.2) is 33.3 Å². The maximum absolute atomic E-state index is 11.0. The summed E-state index contributed by atoms with van der Waals surface area (Å²) in [5.74, 6) is 0.639. The highest BCUT2D eigenvalue weighted by molar-refractivity contribution is 7.90. The Morgan fingerprint density at radius 3 is 2.18 bits per heavy atom. The molecule has 0 radical (unpaired) electrons. The van der Waals surface area contributed by atoms with Gasteiger partial charge in [-0.1, -0.05) is 0 Å². The first-order chi connectivity index (χ1) is 7.83. The van der Waals surface area contributed by atoms with Gasteiger partial charge in [0.1, 0.15) is 18.6 Å². The van der Waals surface area contributed by atoms with Crippen LogP contribution in [0.3, 0.4) is 0 Å². The molecule has 1 aromatic carbocycles. The van der Waals surface area contributed by atoms with Crippen LogP contribution in [0.1, 0.15) is 21.5 Å². The molecule has 0 amide bonds. The lowest BCUT2D eigenvalue weighted by Crippen LogP contribution is -2.13. The van der Waals surface area contributed by atoms with Gasteiger partial charge >= 0.3 is 0 Å². The lowest BCUT2D eigenvalue weighted by molar-refractivity contribution is 0.112. The van der Waals surface area contributed by atoms with Gasteiger partial charge in [-0.2, -0.15) is 0 Å². The molecule has 1 rings (SSSR count). The summed E-state index contributed by atoms with van der Waals surface area (Å²) in [6.07, 6.45) is 1.95. The molecule has 0 aromatic heterocycles. The highest BCUT2D eigenvalue weighted by Gasteiger charge is 2.08. The molecule has 0 N–H and O–H groups in total. The highest BCUT2D eigenvalue weighted by Crippen LogP contribution is 2.24. The van der Waals surface area contributed by atoms with Crippen LogP contribution in [0.5, 0.6) is 5.75 Å². The van der Waals surface area contributed by atoms with Crippen LogP contribution in [0.2, 0.25) is 0 Å². The predicted molar refractivity (Wildman–Crippen MR) is 66.5 cm³/mol. The van der Waals surface area contributed by atoms with E-state index in [0.29, 0.717) is 11.3 Å². The normalized spacial score (nSPS) is 11.2. The molecule has 94 valence electrons. The van der Waals surface area contributed by atoms with E-state index in [2.05, 4.69) is 0 Å². The summed E-state index contributed by atoms with van der Waals surface area (Å²) in [6, 6.07) is 3.44. The number of benzene rings is 1. The standard InChI is InChI=1S/C12H16O4S/c1-9-6-11(8-13)7-10(2)12(9)16-4-5-17(3,14)15/h6-8H,4-5H2,1-3H3. The predicted octanol–water partition coefficient (Wildman–Crippen LogP) is 1.54. The number of rotatable bonds is 5. The minimum Gasteiger partial charge on any atom is -0.492 e. The van der Waals surface area contributed by atoms with Gasteiger partial charge in [-0.15, -0.1) is 0 Å². The molecule has 0 spiro atoms. The smallest absolute Gasteiger partial charge is 0.150 e. The largest absolute Gasteiger partial charge is 0.492 e. The van der Waals surface area contributed by atoms with Gasteiger partial charge in [0.15, 0.2) is 9.84 Å². The summed E-state index contributed by atoms with van der Waals surface area (Å²) in [4.78, 5) is 10.6. The van der Waals surface area contributed by atoms with Crippen LogP contribution >= 0.6 is 0 Å². The molecule has 0 heterocycles. The third kappa shape index (κ3) is 4.19. The number of hydrogen-bond acceptors (Lipinski definition) is 4. The molecule has 4 nitrogen and oxygen atoms in total. The van der Waals surface area contributed by atoms with E-state index in [1.807, 2.05) is 13.8 Å². The zero-order valence-electron chi connectivity index (χ0n) is 10.2. The number of hydrogen-bond donors (Lipinski definition) is 0. The Balaban J connectivity index is 2.82. The molecular formula is C12H16O4S. The minimum absolute atomic E-state index is 0.0126. The first kappa shape index (κ1) is 13.7. The summed E-state index contributed by atoms with van der Waals surface area (Å²) in [6.45, 7) is 3.78. The van der Waals surface area contributed by atoms with Crippen molar-refractivity contribution in [1.29, 1.82) is 0 Å². The van der Waals surface area contributed by atoms with E-state index in [0.717, 1.165) is 17.4 Å². The van der Waals surface area contributed by atoms with Crippen molar-refractivity contribution in [3.05, 3.63) is 28.8 Å². The number of aryl methyl sites for hydroxylation is 2. The molecule has 0 saturated carbocycles. The van der Waals surface area contributed by atoms with E-state index in [9.17, 15) is 13.2 Å². The molecule has 17 heavy (non-hydrogen) atoms. The summed E-state index contributed by atoms with van der Waals surface area (Å²) in [7, 11) is -3.01. The van der Waals surface area contributed by atoms with E-state index in [1.165, 1.54) is 6.26 Å². The van der Waals surface area contributed by atoms with Crippen molar-refractivity contribution in [2.24, 2.45) is 0 Å². The zero-order chi connectivity index (χ0) is 13.1. The number of aldehydes is 1. The Bertz CT molecular complexity index is 494. The van der Waals surface area contributed by atoms with E-state index < -0.39 is 9.84 Å². The number of carbonyl (C=O) groups excluding carboxylic acids is 1. The highest BCUT2D eigenvalue weighted by atomic mass is 32.2. The lowest BCUT2D eigenvalue weighted by Gasteiger charge is -2.12. The molecular weight excluding hydrogens is 240 g/mol. The molecule has 0 aliphatic heterocycles. The third-order valence-corrected chi connectivity index (χ3v) is 3.23. The fraction of sp³-hybridized carbons (Fsp3) is 0.417. The second kappa shape index (κ2) is 5.31. The Morgan fingerprint density at radius 1 is 1.24 bits per heavy atom. The van der Waals surface area contributed by atoms with Crippen LogP contribution in [-0.2, 0) is 9.84 Å².